The van der Waals surface area contributed by atoms with E-state index in [4.69, 9.17) is 16.3 Å². The van der Waals surface area contributed by atoms with Crippen molar-refractivity contribution in [3.05, 3.63) is 28.8 Å². The first-order valence-electron chi connectivity index (χ1n) is 7.55. The number of ether oxygens (including phenoxy) is 1. The molecule has 0 heterocycles. The molecule has 112 valence electrons. The summed E-state index contributed by atoms with van der Waals surface area (Å²) in [6.07, 6.45) is 2.70. The fraction of sp³-hybridized carbons (Fsp3) is 0.647. The van der Waals surface area contributed by atoms with Gasteiger partial charge in [0.25, 0.3) is 0 Å². The Kier molecular flexibility index (Phi) is 5.34. The molecule has 0 saturated heterocycles. The zero-order valence-corrected chi connectivity index (χ0v) is 13.8. The van der Waals surface area contributed by atoms with E-state index in [1.807, 2.05) is 0 Å². The Labute approximate surface area is 128 Å². The molecule has 1 aliphatic carbocycles. The summed E-state index contributed by atoms with van der Waals surface area (Å²) in [4.78, 5) is 2.46. The van der Waals surface area contributed by atoms with Crippen LogP contribution in [-0.4, -0.2) is 30.5 Å². The summed E-state index contributed by atoms with van der Waals surface area (Å²) in [5, 5.41) is 0. The molecule has 0 atom stereocenters. The molecule has 0 bridgehead atoms. The van der Waals surface area contributed by atoms with Gasteiger partial charge in [-0.1, -0.05) is 19.9 Å². The van der Waals surface area contributed by atoms with Gasteiger partial charge >= 0.3 is 0 Å². The second kappa shape index (κ2) is 6.82. The maximum absolute atomic E-state index is 5.80. The maximum atomic E-state index is 5.80. The van der Waals surface area contributed by atoms with Crippen molar-refractivity contribution < 1.29 is 4.74 Å². The lowest BCUT2D eigenvalue weighted by molar-refractivity contribution is 0.314. The third-order valence-corrected chi connectivity index (χ3v) is 4.17. The van der Waals surface area contributed by atoms with Crippen LogP contribution in [0.25, 0.3) is 0 Å². The van der Waals surface area contributed by atoms with Gasteiger partial charge < -0.3 is 4.74 Å². The van der Waals surface area contributed by atoms with Gasteiger partial charge in [-0.3, -0.25) is 4.90 Å². The van der Waals surface area contributed by atoms with E-state index in [2.05, 4.69) is 44.9 Å². The van der Waals surface area contributed by atoms with E-state index in [1.54, 1.807) is 0 Å². The van der Waals surface area contributed by atoms with Gasteiger partial charge in [0.05, 0.1) is 5.88 Å². The first-order chi connectivity index (χ1) is 9.52. The Bertz CT molecular complexity index is 455. The molecule has 1 aromatic rings. The number of rotatable bonds is 7. The molecule has 1 saturated carbocycles. The number of benzene rings is 1. The number of aryl methyl sites for hydroxylation is 1. The minimum absolute atomic E-state index is 0.464. The highest BCUT2D eigenvalue weighted by Gasteiger charge is 2.26. The highest BCUT2D eigenvalue weighted by molar-refractivity contribution is 6.18. The van der Waals surface area contributed by atoms with Gasteiger partial charge in [-0.15, -0.1) is 11.6 Å². The van der Waals surface area contributed by atoms with Gasteiger partial charge in [0.1, 0.15) is 12.4 Å². The third-order valence-electron chi connectivity index (χ3n) is 4.02. The highest BCUT2D eigenvalue weighted by Crippen LogP contribution is 2.32. The van der Waals surface area contributed by atoms with Crippen LogP contribution in [-0.2, 0) is 6.54 Å². The summed E-state index contributed by atoms with van der Waals surface area (Å²) in [5.74, 6) is 1.99. The average molecular weight is 296 g/mol. The van der Waals surface area contributed by atoms with Crippen molar-refractivity contribution in [2.24, 2.45) is 0 Å². The zero-order chi connectivity index (χ0) is 14.7. The van der Waals surface area contributed by atoms with Crippen molar-refractivity contribution in [2.75, 3.05) is 19.5 Å². The first kappa shape index (κ1) is 15.7. The van der Waals surface area contributed by atoms with Crippen molar-refractivity contribution in [1.29, 1.82) is 0 Å². The van der Waals surface area contributed by atoms with Gasteiger partial charge in [0, 0.05) is 12.6 Å². The zero-order valence-electron chi connectivity index (χ0n) is 13.1. The van der Waals surface area contributed by atoms with Crippen LogP contribution in [0.4, 0.5) is 0 Å². The van der Waals surface area contributed by atoms with Crippen LogP contribution in [0.15, 0.2) is 12.1 Å². The first-order valence-corrected chi connectivity index (χ1v) is 8.08. The van der Waals surface area contributed by atoms with Crippen molar-refractivity contribution in [2.45, 2.75) is 52.1 Å². The molecule has 0 spiro atoms. The second-order valence-corrected chi connectivity index (χ2v) is 6.53. The predicted molar refractivity (Wildman–Crippen MR) is 86.0 cm³/mol. The van der Waals surface area contributed by atoms with Crippen LogP contribution in [0.2, 0.25) is 0 Å². The Morgan fingerprint density at radius 2 is 2.05 bits per heavy atom. The quantitative estimate of drug-likeness (QED) is 0.694. The summed E-state index contributed by atoms with van der Waals surface area (Å²) in [5.41, 5.74) is 4.02. The largest absolute Gasteiger partial charge is 0.492 e. The van der Waals surface area contributed by atoms with E-state index in [-0.39, 0.29) is 0 Å². The normalized spacial score (nSPS) is 15.2. The number of hydrogen-bond donors (Lipinski definition) is 0. The van der Waals surface area contributed by atoms with Crippen molar-refractivity contribution >= 4 is 11.6 Å². The van der Waals surface area contributed by atoms with Crippen molar-refractivity contribution in [3.8, 4) is 5.75 Å². The lowest BCUT2D eigenvalue weighted by Crippen LogP contribution is -2.20. The minimum Gasteiger partial charge on any atom is -0.492 e. The monoisotopic (exact) mass is 295 g/mol. The molecule has 0 radical (unpaired) electrons. The third kappa shape index (κ3) is 3.89. The van der Waals surface area contributed by atoms with Gasteiger partial charge in [0.15, 0.2) is 0 Å². The summed E-state index contributed by atoms with van der Waals surface area (Å²) in [6.45, 7) is 8.21. The molecular formula is C17H26ClNO. The molecule has 1 aromatic carbocycles. The topological polar surface area (TPSA) is 12.5 Å². The van der Waals surface area contributed by atoms with E-state index < -0.39 is 0 Å². The second-order valence-electron chi connectivity index (χ2n) is 6.15. The van der Waals surface area contributed by atoms with Crippen LogP contribution < -0.4 is 4.74 Å². The van der Waals surface area contributed by atoms with Gasteiger partial charge in [-0.05, 0) is 55.5 Å². The van der Waals surface area contributed by atoms with Crippen molar-refractivity contribution in [3.63, 3.8) is 0 Å². The molecule has 3 heteroatoms. The highest BCUT2D eigenvalue weighted by atomic mass is 35.5. The van der Waals surface area contributed by atoms with E-state index in [1.165, 1.54) is 29.5 Å². The van der Waals surface area contributed by atoms with Gasteiger partial charge in [-0.25, -0.2) is 0 Å². The van der Waals surface area contributed by atoms with E-state index in [9.17, 15) is 0 Å². The summed E-state index contributed by atoms with van der Waals surface area (Å²) < 4.78 is 5.80. The standard InChI is InChI=1S/C17H26ClNO/c1-12(2)16-10-14(11-19(4)15-5-6-15)13(3)9-17(16)20-8-7-18/h9-10,12,15H,5-8,11H2,1-4H3. The van der Waals surface area contributed by atoms with Crippen LogP contribution in [0, 0.1) is 6.92 Å². The molecule has 0 aliphatic heterocycles. The smallest absolute Gasteiger partial charge is 0.123 e. The van der Waals surface area contributed by atoms with Gasteiger partial charge in [0.2, 0.25) is 0 Å². The Hall–Kier alpha value is -0.730. The molecular weight excluding hydrogens is 270 g/mol. The summed E-state index contributed by atoms with van der Waals surface area (Å²) >= 11 is 5.73. The van der Waals surface area contributed by atoms with E-state index in [0.717, 1.165) is 18.3 Å². The Morgan fingerprint density at radius 3 is 2.60 bits per heavy atom. The molecule has 0 aromatic heterocycles. The fourth-order valence-electron chi connectivity index (χ4n) is 2.55. The van der Waals surface area contributed by atoms with Gasteiger partial charge in [-0.2, -0.15) is 0 Å². The lowest BCUT2D eigenvalue weighted by Gasteiger charge is -2.21. The SMILES string of the molecule is Cc1cc(OCCCl)c(C(C)C)cc1CN(C)C1CC1. The van der Waals surface area contributed by atoms with Crippen LogP contribution >= 0.6 is 11.6 Å². The fourth-order valence-corrected chi connectivity index (χ4v) is 2.63. The van der Waals surface area contributed by atoms with E-state index in [0.29, 0.717) is 18.4 Å². The molecule has 1 aliphatic rings. The molecule has 1 fully saturated rings. The summed E-state index contributed by atoms with van der Waals surface area (Å²) in [7, 11) is 2.23. The molecule has 20 heavy (non-hydrogen) atoms. The Balaban J connectivity index is 2.21. The number of alkyl halides is 1. The minimum atomic E-state index is 0.464. The number of nitrogens with zero attached hydrogens (tertiary/aromatic N) is 1. The Morgan fingerprint density at radius 1 is 1.35 bits per heavy atom. The lowest BCUT2D eigenvalue weighted by atomic mass is 9.96. The molecule has 0 N–H and O–H groups in total. The predicted octanol–water partition coefficient (Wildman–Crippen LogP) is 4.33. The van der Waals surface area contributed by atoms with E-state index >= 15 is 0 Å². The molecule has 0 amide bonds. The van der Waals surface area contributed by atoms with Crippen LogP contribution in [0.5, 0.6) is 5.75 Å². The summed E-state index contributed by atoms with van der Waals surface area (Å²) in [6, 6.07) is 5.30. The van der Waals surface area contributed by atoms with Crippen LogP contribution in [0.3, 0.4) is 0 Å². The average Bonchev–Trinajstić information content (AvgIpc) is 3.22. The number of halogens is 1. The van der Waals surface area contributed by atoms with Crippen LogP contribution in [0.1, 0.15) is 49.3 Å². The molecule has 2 nitrogen and oxygen atoms in total. The van der Waals surface area contributed by atoms with Crippen molar-refractivity contribution in [1.82, 2.24) is 4.90 Å². The molecule has 0 unspecified atom stereocenters. The number of hydrogen-bond acceptors (Lipinski definition) is 2. The molecule has 2 rings (SSSR count). The maximum Gasteiger partial charge on any atom is 0.123 e.